The van der Waals surface area contributed by atoms with Crippen LogP contribution in [0.2, 0.25) is 0 Å². The number of carbonyl (C=O) groups is 1. The van der Waals surface area contributed by atoms with E-state index < -0.39 is 21.3 Å². The number of piperidine rings is 1. The van der Waals surface area contributed by atoms with E-state index in [1.807, 2.05) is 27.7 Å². The minimum atomic E-state index is -3.50. The minimum Gasteiger partial charge on any atom is -0.466 e. The number of rotatable bonds is 5. The number of aromatic nitrogens is 3. The first kappa shape index (κ1) is 25.4. The predicted molar refractivity (Wildman–Crippen MR) is 130 cm³/mol. The first-order valence-corrected chi connectivity index (χ1v) is 14.0. The van der Waals surface area contributed by atoms with Crippen molar-refractivity contribution in [3.63, 3.8) is 0 Å². The van der Waals surface area contributed by atoms with Crippen LogP contribution in [0.15, 0.2) is 29.3 Å². The summed E-state index contributed by atoms with van der Waals surface area (Å²) in [7, 11) is -3.50. The third kappa shape index (κ3) is 5.92. The topological polar surface area (TPSA) is 103 Å². The van der Waals surface area contributed by atoms with E-state index >= 15 is 0 Å². The summed E-state index contributed by atoms with van der Waals surface area (Å²) in [4.78, 5) is 18.9. The Bertz CT molecular complexity index is 1310. The molecule has 1 amide bonds. The molecule has 2 aromatic heterocycles. The molecular weight excluding hydrogens is 495 g/mol. The summed E-state index contributed by atoms with van der Waals surface area (Å²) in [5, 5.41) is 4.86. The number of hydrogen-bond donors (Lipinski definition) is 0. The van der Waals surface area contributed by atoms with Crippen molar-refractivity contribution in [2.75, 3.05) is 19.3 Å². The molecule has 1 aliphatic heterocycles. The standard InChI is InChI=1S/C23H29FN4O5S2/c1-14(15-8-10-27(11-9-15)22(29)33-23(2,3)4)32-21-26-28-13-19(25-20(28)34-21)17-7-6-16(12-18(17)24)35(5,30)31/h6-7,12-15H,8-11H2,1-5H3/t14-/m0/s1. The number of fused-ring (bicyclic) bond motifs is 1. The Labute approximate surface area is 207 Å². The number of carbonyl (C=O) groups excluding carboxylic acids is 1. The largest absolute Gasteiger partial charge is 0.466 e. The highest BCUT2D eigenvalue weighted by Crippen LogP contribution is 2.31. The summed E-state index contributed by atoms with van der Waals surface area (Å²) < 4.78 is 50.8. The number of likely N-dealkylation sites (tertiary alicyclic amines) is 1. The summed E-state index contributed by atoms with van der Waals surface area (Å²) in [6, 6.07) is 3.76. The van der Waals surface area contributed by atoms with Crippen LogP contribution in [-0.4, -0.2) is 65.1 Å². The maximum Gasteiger partial charge on any atom is 0.410 e. The normalized spacial score (nSPS) is 16.5. The molecule has 35 heavy (non-hydrogen) atoms. The second-order valence-electron chi connectivity index (χ2n) is 9.76. The van der Waals surface area contributed by atoms with Gasteiger partial charge in [0, 0.05) is 24.9 Å². The lowest BCUT2D eigenvalue weighted by Gasteiger charge is -2.35. The van der Waals surface area contributed by atoms with E-state index in [9.17, 15) is 17.6 Å². The molecule has 3 aromatic rings. The van der Waals surface area contributed by atoms with E-state index in [-0.39, 0.29) is 28.6 Å². The van der Waals surface area contributed by atoms with Crippen molar-refractivity contribution < 1.29 is 27.1 Å². The number of amides is 1. The molecule has 1 aromatic carbocycles. The second kappa shape index (κ2) is 9.38. The van der Waals surface area contributed by atoms with Gasteiger partial charge in [0.1, 0.15) is 17.5 Å². The Balaban J connectivity index is 1.38. The highest BCUT2D eigenvalue weighted by atomic mass is 32.2. The summed E-state index contributed by atoms with van der Waals surface area (Å²) in [6.45, 7) is 8.77. The summed E-state index contributed by atoms with van der Waals surface area (Å²) in [6.07, 6.45) is 3.83. The van der Waals surface area contributed by atoms with Crippen LogP contribution in [0.25, 0.3) is 16.2 Å². The molecule has 9 nitrogen and oxygen atoms in total. The van der Waals surface area contributed by atoms with Crippen molar-refractivity contribution in [2.24, 2.45) is 5.92 Å². The van der Waals surface area contributed by atoms with E-state index in [4.69, 9.17) is 9.47 Å². The van der Waals surface area contributed by atoms with Crippen molar-refractivity contribution in [3.05, 3.63) is 30.2 Å². The van der Waals surface area contributed by atoms with Crippen LogP contribution in [0.4, 0.5) is 9.18 Å². The van der Waals surface area contributed by atoms with Gasteiger partial charge in [0.15, 0.2) is 9.84 Å². The Kier molecular flexibility index (Phi) is 6.80. The minimum absolute atomic E-state index is 0.0838. The van der Waals surface area contributed by atoms with Gasteiger partial charge in [0.05, 0.1) is 16.8 Å². The molecule has 3 heterocycles. The molecular formula is C23H29FN4O5S2. The van der Waals surface area contributed by atoms with E-state index in [0.29, 0.717) is 28.9 Å². The van der Waals surface area contributed by atoms with Crippen molar-refractivity contribution >= 4 is 32.2 Å². The van der Waals surface area contributed by atoms with Crippen LogP contribution in [0.3, 0.4) is 0 Å². The number of hydrogen-bond acceptors (Lipinski definition) is 8. The zero-order chi connectivity index (χ0) is 25.5. The highest BCUT2D eigenvalue weighted by Gasteiger charge is 2.30. The maximum atomic E-state index is 14.5. The average molecular weight is 525 g/mol. The zero-order valence-corrected chi connectivity index (χ0v) is 22.0. The van der Waals surface area contributed by atoms with E-state index in [0.717, 1.165) is 25.2 Å². The Hall–Kier alpha value is -2.73. The molecule has 0 unspecified atom stereocenters. The third-order valence-electron chi connectivity index (χ3n) is 5.81. The molecule has 4 rings (SSSR count). The predicted octanol–water partition coefficient (Wildman–Crippen LogP) is 4.41. The fourth-order valence-corrected chi connectivity index (χ4v) is 5.38. The van der Waals surface area contributed by atoms with E-state index in [1.165, 1.54) is 28.0 Å². The molecule has 0 bridgehead atoms. The Morgan fingerprint density at radius 1 is 1.26 bits per heavy atom. The van der Waals surface area contributed by atoms with Crippen LogP contribution in [0, 0.1) is 11.7 Å². The van der Waals surface area contributed by atoms with Crippen LogP contribution >= 0.6 is 11.3 Å². The van der Waals surface area contributed by atoms with E-state index in [2.05, 4.69) is 10.1 Å². The second-order valence-corrected chi connectivity index (χ2v) is 12.7. The number of halogens is 1. The van der Waals surface area contributed by atoms with Gasteiger partial charge in [0.2, 0.25) is 4.96 Å². The fraction of sp³-hybridized carbons (Fsp3) is 0.522. The monoisotopic (exact) mass is 524 g/mol. The van der Waals surface area contributed by atoms with Gasteiger partial charge >= 0.3 is 6.09 Å². The van der Waals surface area contributed by atoms with Crippen LogP contribution < -0.4 is 4.74 Å². The number of benzene rings is 1. The van der Waals surface area contributed by atoms with Crippen LogP contribution in [0.1, 0.15) is 40.5 Å². The molecule has 1 aliphatic rings. The summed E-state index contributed by atoms with van der Waals surface area (Å²) >= 11 is 1.25. The van der Waals surface area contributed by atoms with Crippen LogP contribution in [0.5, 0.6) is 5.19 Å². The molecule has 12 heteroatoms. The molecule has 0 N–H and O–H groups in total. The lowest BCUT2D eigenvalue weighted by atomic mass is 9.92. The average Bonchev–Trinajstić information content (AvgIpc) is 3.30. The molecule has 1 saturated heterocycles. The van der Waals surface area contributed by atoms with Crippen molar-refractivity contribution in [1.29, 1.82) is 0 Å². The first-order valence-electron chi connectivity index (χ1n) is 11.3. The van der Waals surface area contributed by atoms with E-state index in [1.54, 1.807) is 11.1 Å². The molecule has 0 aliphatic carbocycles. The number of nitrogens with zero attached hydrogens (tertiary/aromatic N) is 4. The fourth-order valence-electron chi connectivity index (χ4n) is 3.93. The number of ether oxygens (including phenoxy) is 2. The van der Waals surface area contributed by atoms with Crippen molar-refractivity contribution in [2.45, 2.75) is 57.1 Å². The van der Waals surface area contributed by atoms with Gasteiger partial charge in [-0.2, -0.15) is 0 Å². The molecule has 0 radical (unpaired) electrons. The molecule has 0 saturated carbocycles. The molecule has 1 fully saturated rings. The van der Waals surface area contributed by atoms with Crippen molar-refractivity contribution in [1.82, 2.24) is 19.5 Å². The lowest BCUT2D eigenvalue weighted by molar-refractivity contribution is 0.0120. The van der Waals surface area contributed by atoms with Gasteiger partial charge in [-0.3, -0.25) is 0 Å². The van der Waals surface area contributed by atoms with Crippen molar-refractivity contribution in [3.8, 4) is 16.5 Å². The Morgan fingerprint density at radius 2 is 1.94 bits per heavy atom. The smallest absolute Gasteiger partial charge is 0.410 e. The first-order chi connectivity index (χ1) is 16.3. The number of sulfone groups is 1. The van der Waals surface area contributed by atoms with Gasteiger partial charge < -0.3 is 14.4 Å². The Morgan fingerprint density at radius 3 is 2.51 bits per heavy atom. The molecule has 190 valence electrons. The summed E-state index contributed by atoms with van der Waals surface area (Å²) in [5.41, 5.74) is 0.0379. The van der Waals surface area contributed by atoms with Gasteiger partial charge in [-0.15, -0.1) is 5.10 Å². The van der Waals surface area contributed by atoms with Gasteiger partial charge in [-0.1, -0.05) is 0 Å². The maximum absolute atomic E-state index is 14.5. The van der Waals surface area contributed by atoms with Gasteiger partial charge in [-0.05, 0) is 76.0 Å². The molecule has 1 atom stereocenters. The summed E-state index contributed by atoms with van der Waals surface area (Å²) in [5.74, 6) is -0.399. The third-order valence-corrected chi connectivity index (χ3v) is 7.73. The quantitative estimate of drug-likeness (QED) is 0.487. The lowest BCUT2D eigenvalue weighted by Crippen LogP contribution is -2.44. The number of imidazole rings is 1. The molecule has 0 spiro atoms. The van der Waals surface area contributed by atoms with Gasteiger partial charge in [0.25, 0.3) is 5.19 Å². The van der Waals surface area contributed by atoms with Gasteiger partial charge in [-0.25, -0.2) is 27.1 Å². The zero-order valence-electron chi connectivity index (χ0n) is 20.3. The SMILES string of the molecule is C[C@H](Oc1nn2cc(-c3ccc(S(C)(=O)=O)cc3F)nc2s1)C1CCN(C(=O)OC(C)(C)C)CC1. The highest BCUT2D eigenvalue weighted by molar-refractivity contribution is 7.90. The van der Waals surface area contributed by atoms with Crippen LogP contribution in [-0.2, 0) is 14.6 Å².